The van der Waals surface area contributed by atoms with E-state index in [1.807, 2.05) is 0 Å². The van der Waals surface area contributed by atoms with E-state index in [4.69, 9.17) is 22.0 Å². The van der Waals surface area contributed by atoms with Gasteiger partial charge in [-0.25, -0.2) is 8.78 Å². The molecule has 17 heavy (non-hydrogen) atoms. The third kappa shape index (κ3) is 2.88. The summed E-state index contributed by atoms with van der Waals surface area (Å²) < 4.78 is 25.2. The third-order valence-electron chi connectivity index (χ3n) is 2.09. The van der Waals surface area contributed by atoms with Gasteiger partial charge in [0.15, 0.2) is 0 Å². The van der Waals surface area contributed by atoms with Gasteiger partial charge in [0.25, 0.3) is 6.43 Å². The highest BCUT2D eigenvalue weighted by atomic mass is 35.5. The lowest BCUT2D eigenvalue weighted by Gasteiger charge is -2.10. The number of nitrogens with zero attached hydrogens (tertiary/aromatic N) is 2. The zero-order valence-corrected chi connectivity index (χ0v) is 9.21. The van der Waals surface area contributed by atoms with Crippen molar-refractivity contribution in [1.82, 2.24) is 4.98 Å². The molecule has 1 rings (SSSR count). The van der Waals surface area contributed by atoms with Gasteiger partial charge in [-0.3, -0.25) is 9.78 Å². The van der Waals surface area contributed by atoms with E-state index in [0.717, 1.165) is 6.20 Å². The number of rotatable bonds is 4. The maximum absolute atomic E-state index is 12.6. The van der Waals surface area contributed by atoms with Crippen molar-refractivity contribution in [3.05, 3.63) is 28.6 Å². The fourth-order valence-electron chi connectivity index (χ4n) is 1.37. The van der Waals surface area contributed by atoms with E-state index in [2.05, 4.69) is 4.98 Å². The lowest BCUT2D eigenvalue weighted by Crippen LogP contribution is -2.08. The van der Waals surface area contributed by atoms with Gasteiger partial charge in [-0.1, -0.05) is 0 Å². The monoisotopic (exact) mass is 260 g/mol. The first-order valence-electron chi connectivity index (χ1n) is 4.47. The average molecular weight is 261 g/mol. The minimum atomic E-state index is -2.85. The smallest absolute Gasteiger partial charge is 0.307 e. The fourth-order valence-corrected chi connectivity index (χ4v) is 1.64. The molecular weight excluding hydrogens is 254 g/mol. The van der Waals surface area contributed by atoms with Gasteiger partial charge in [0, 0.05) is 11.8 Å². The number of aliphatic carboxylic acids is 1. The Morgan fingerprint density at radius 3 is 2.71 bits per heavy atom. The van der Waals surface area contributed by atoms with Gasteiger partial charge in [0.1, 0.15) is 5.69 Å². The lowest BCUT2D eigenvalue weighted by molar-refractivity contribution is -0.136. The predicted octanol–water partition coefficient (Wildman–Crippen LogP) is 2.26. The molecule has 0 unspecified atom stereocenters. The number of hydrogen-bond donors (Lipinski definition) is 1. The Kier molecular flexibility index (Phi) is 4.35. The summed E-state index contributed by atoms with van der Waals surface area (Å²) in [5, 5.41) is 17.5. The van der Waals surface area contributed by atoms with Crippen LogP contribution in [-0.4, -0.2) is 16.1 Å². The number of carboxylic acids is 1. The molecule has 1 aromatic heterocycles. The first kappa shape index (κ1) is 13.3. The van der Waals surface area contributed by atoms with Crippen LogP contribution in [0.4, 0.5) is 8.78 Å². The molecule has 1 heterocycles. The summed E-state index contributed by atoms with van der Waals surface area (Å²) >= 11 is 5.50. The Labute approximate surface area is 100 Å². The molecule has 0 aliphatic carbocycles. The quantitative estimate of drug-likeness (QED) is 0.843. The van der Waals surface area contributed by atoms with Gasteiger partial charge in [0.2, 0.25) is 0 Å². The molecule has 0 atom stereocenters. The van der Waals surface area contributed by atoms with E-state index in [-0.39, 0.29) is 22.6 Å². The van der Waals surface area contributed by atoms with Crippen molar-refractivity contribution >= 4 is 17.6 Å². The Balaban J connectivity index is 3.38. The molecule has 0 aliphatic rings. The van der Waals surface area contributed by atoms with Gasteiger partial charge in [-0.15, -0.1) is 11.6 Å². The fraction of sp³-hybridized carbons (Fsp3) is 0.300. The van der Waals surface area contributed by atoms with Gasteiger partial charge in [-0.2, -0.15) is 5.26 Å². The molecule has 1 aromatic rings. The number of halogens is 3. The second kappa shape index (κ2) is 5.55. The number of carbonyl (C=O) groups is 1. The second-order valence-corrected chi connectivity index (χ2v) is 3.41. The number of aromatic nitrogens is 1. The van der Waals surface area contributed by atoms with Crippen LogP contribution < -0.4 is 0 Å². The minimum absolute atomic E-state index is 0.0834. The first-order chi connectivity index (χ1) is 8.01. The van der Waals surface area contributed by atoms with Crippen LogP contribution in [0, 0.1) is 11.3 Å². The Morgan fingerprint density at radius 1 is 1.65 bits per heavy atom. The summed E-state index contributed by atoms with van der Waals surface area (Å²) in [5.74, 6) is -1.49. The zero-order chi connectivity index (χ0) is 13.0. The molecule has 0 saturated carbocycles. The van der Waals surface area contributed by atoms with E-state index in [0.29, 0.717) is 0 Å². The van der Waals surface area contributed by atoms with Crippen LogP contribution >= 0.6 is 11.6 Å². The molecule has 4 nitrogen and oxygen atoms in total. The number of nitriles is 1. The highest BCUT2D eigenvalue weighted by Gasteiger charge is 2.21. The molecule has 0 aromatic carbocycles. The van der Waals surface area contributed by atoms with Gasteiger partial charge in [-0.05, 0) is 5.56 Å². The SMILES string of the molecule is N#Cc1c(CC(=O)O)cnc(C(F)F)c1CCl. The van der Waals surface area contributed by atoms with E-state index >= 15 is 0 Å². The molecular formula is C10H7ClF2N2O2. The molecule has 0 amide bonds. The highest BCUT2D eigenvalue weighted by Crippen LogP contribution is 2.26. The molecule has 7 heteroatoms. The molecule has 1 N–H and O–H groups in total. The number of pyridine rings is 1. The van der Waals surface area contributed by atoms with Crippen LogP contribution in [0.1, 0.15) is 28.8 Å². The summed E-state index contributed by atoms with van der Waals surface area (Å²) in [6.07, 6.45) is -2.33. The van der Waals surface area contributed by atoms with Crippen LogP contribution in [0.25, 0.3) is 0 Å². The van der Waals surface area contributed by atoms with Crippen molar-refractivity contribution < 1.29 is 18.7 Å². The minimum Gasteiger partial charge on any atom is -0.481 e. The molecule has 90 valence electrons. The second-order valence-electron chi connectivity index (χ2n) is 3.14. The maximum Gasteiger partial charge on any atom is 0.307 e. The molecule has 0 radical (unpaired) electrons. The third-order valence-corrected chi connectivity index (χ3v) is 2.35. The van der Waals surface area contributed by atoms with Crippen LogP contribution in [0.2, 0.25) is 0 Å². The highest BCUT2D eigenvalue weighted by molar-refractivity contribution is 6.17. The standard InChI is InChI=1S/C10H7ClF2N2O2/c11-2-6-7(3-14)5(1-8(16)17)4-15-9(6)10(12)13/h4,10H,1-2H2,(H,16,17). The molecule has 0 saturated heterocycles. The Morgan fingerprint density at radius 2 is 2.29 bits per heavy atom. The molecule has 0 aliphatic heterocycles. The summed E-state index contributed by atoms with van der Waals surface area (Å²) in [7, 11) is 0. The predicted molar refractivity (Wildman–Crippen MR) is 54.8 cm³/mol. The van der Waals surface area contributed by atoms with Crippen LogP contribution in [0.5, 0.6) is 0 Å². The van der Waals surface area contributed by atoms with Crippen molar-refractivity contribution in [1.29, 1.82) is 5.26 Å². The van der Waals surface area contributed by atoms with Gasteiger partial charge >= 0.3 is 5.97 Å². The summed E-state index contributed by atoms with van der Waals surface area (Å²) in [6.45, 7) is 0. The van der Waals surface area contributed by atoms with Crippen molar-refractivity contribution in [3.63, 3.8) is 0 Å². The summed E-state index contributed by atoms with van der Waals surface area (Å²) in [4.78, 5) is 14.0. The normalized spacial score (nSPS) is 10.3. The van der Waals surface area contributed by atoms with E-state index < -0.39 is 24.5 Å². The van der Waals surface area contributed by atoms with Crippen LogP contribution in [0.3, 0.4) is 0 Å². The number of hydrogen-bond acceptors (Lipinski definition) is 3. The van der Waals surface area contributed by atoms with E-state index in [9.17, 15) is 13.6 Å². The van der Waals surface area contributed by atoms with Crippen molar-refractivity contribution in [2.75, 3.05) is 0 Å². The van der Waals surface area contributed by atoms with Gasteiger partial charge in [0.05, 0.1) is 23.9 Å². The lowest BCUT2D eigenvalue weighted by atomic mass is 10.0. The largest absolute Gasteiger partial charge is 0.481 e. The van der Waals surface area contributed by atoms with Crippen LogP contribution in [-0.2, 0) is 17.1 Å². The summed E-state index contributed by atoms with van der Waals surface area (Å²) in [6, 6.07) is 1.69. The van der Waals surface area contributed by atoms with Crippen molar-refractivity contribution in [2.24, 2.45) is 0 Å². The zero-order valence-electron chi connectivity index (χ0n) is 8.45. The van der Waals surface area contributed by atoms with Crippen LogP contribution in [0.15, 0.2) is 6.20 Å². The molecule has 0 bridgehead atoms. The Bertz CT molecular complexity index is 486. The van der Waals surface area contributed by atoms with E-state index in [1.165, 1.54) is 0 Å². The topological polar surface area (TPSA) is 74.0 Å². The maximum atomic E-state index is 12.6. The van der Waals surface area contributed by atoms with Gasteiger partial charge < -0.3 is 5.11 Å². The summed E-state index contributed by atoms with van der Waals surface area (Å²) in [5.41, 5.74) is -0.735. The Hall–Kier alpha value is -1.74. The number of alkyl halides is 3. The van der Waals surface area contributed by atoms with Crippen molar-refractivity contribution in [2.45, 2.75) is 18.7 Å². The first-order valence-corrected chi connectivity index (χ1v) is 5.01. The molecule has 0 fully saturated rings. The average Bonchev–Trinajstić information content (AvgIpc) is 2.26. The van der Waals surface area contributed by atoms with E-state index in [1.54, 1.807) is 6.07 Å². The van der Waals surface area contributed by atoms with Crippen molar-refractivity contribution in [3.8, 4) is 6.07 Å². The number of carboxylic acid groups (broad SMARTS) is 1. The molecule has 0 spiro atoms.